The van der Waals surface area contributed by atoms with Crippen molar-refractivity contribution in [3.63, 3.8) is 0 Å². The van der Waals surface area contributed by atoms with E-state index in [4.69, 9.17) is 5.41 Å². The monoisotopic (exact) mass is 176 g/mol. The van der Waals surface area contributed by atoms with E-state index in [9.17, 15) is 0 Å². The number of aliphatic imine (C=N–C) groups is 1. The second-order valence-electron chi connectivity index (χ2n) is 2.52. The van der Waals surface area contributed by atoms with E-state index in [1.165, 1.54) is 0 Å². The van der Waals surface area contributed by atoms with Gasteiger partial charge in [-0.15, -0.1) is 11.8 Å². The SMILES string of the molecule is CSC1=NC(=N)c2ccccc21. The van der Waals surface area contributed by atoms with Crippen LogP contribution in [0.15, 0.2) is 29.3 Å². The third-order valence-electron chi connectivity index (χ3n) is 1.82. The number of thioether (sulfide) groups is 1. The average molecular weight is 176 g/mol. The number of hydrogen-bond acceptors (Lipinski definition) is 2. The smallest absolute Gasteiger partial charge is 0.153 e. The van der Waals surface area contributed by atoms with Gasteiger partial charge < -0.3 is 0 Å². The lowest BCUT2D eigenvalue weighted by atomic mass is 10.1. The van der Waals surface area contributed by atoms with Crippen LogP contribution in [0.1, 0.15) is 11.1 Å². The van der Waals surface area contributed by atoms with E-state index in [-0.39, 0.29) is 0 Å². The summed E-state index contributed by atoms with van der Waals surface area (Å²) >= 11 is 1.59. The summed E-state index contributed by atoms with van der Waals surface area (Å²) < 4.78 is 0. The lowest BCUT2D eigenvalue weighted by Crippen LogP contribution is -1.92. The molecule has 0 saturated carbocycles. The summed E-state index contributed by atoms with van der Waals surface area (Å²) in [6.07, 6.45) is 1.98. The number of rotatable bonds is 0. The Morgan fingerprint density at radius 1 is 1.25 bits per heavy atom. The van der Waals surface area contributed by atoms with Gasteiger partial charge >= 0.3 is 0 Å². The number of amidine groups is 1. The Kier molecular flexibility index (Phi) is 1.73. The summed E-state index contributed by atoms with van der Waals surface area (Å²) in [5, 5.41) is 8.52. The van der Waals surface area contributed by atoms with Gasteiger partial charge in [0.05, 0.1) is 0 Å². The minimum absolute atomic E-state index is 0.384. The van der Waals surface area contributed by atoms with Gasteiger partial charge in [0.25, 0.3) is 0 Å². The highest BCUT2D eigenvalue weighted by Gasteiger charge is 2.18. The third-order valence-corrected chi connectivity index (χ3v) is 2.52. The van der Waals surface area contributed by atoms with Crippen molar-refractivity contribution in [2.75, 3.05) is 6.26 Å². The van der Waals surface area contributed by atoms with Crippen LogP contribution in [0.3, 0.4) is 0 Å². The molecule has 0 saturated heterocycles. The number of benzene rings is 1. The zero-order valence-electron chi connectivity index (χ0n) is 6.66. The molecule has 0 radical (unpaired) electrons. The minimum atomic E-state index is 0.384. The molecular formula is C9H8N2S. The summed E-state index contributed by atoms with van der Waals surface area (Å²) in [4.78, 5) is 4.14. The molecule has 1 heterocycles. The molecule has 1 aliphatic heterocycles. The highest BCUT2D eigenvalue weighted by atomic mass is 32.2. The second kappa shape index (κ2) is 2.75. The van der Waals surface area contributed by atoms with Crippen molar-refractivity contribution in [2.45, 2.75) is 0 Å². The van der Waals surface area contributed by atoms with Crippen molar-refractivity contribution in [1.82, 2.24) is 0 Å². The molecule has 3 heteroatoms. The third kappa shape index (κ3) is 0.975. The van der Waals surface area contributed by atoms with Crippen LogP contribution in [0.4, 0.5) is 0 Å². The van der Waals surface area contributed by atoms with Crippen LogP contribution in [0.5, 0.6) is 0 Å². The van der Waals surface area contributed by atoms with Crippen molar-refractivity contribution in [3.8, 4) is 0 Å². The first-order chi connectivity index (χ1) is 5.83. The highest BCUT2D eigenvalue weighted by molar-refractivity contribution is 8.13. The Balaban J connectivity index is 2.60. The summed E-state index contributed by atoms with van der Waals surface area (Å²) in [5.74, 6) is 0.384. The maximum Gasteiger partial charge on any atom is 0.153 e. The van der Waals surface area contributed by atoms with Gasteiger partial charge in [-0.2, -0.15) is 0 Å². The van der Waals surface area contributed by atoms with E-state index in [2.05, 4.69) is 4.99 Å². The van der Waals surface area contributed by atoms with Crippen molar-refractivity contribution < 1.29 is 0 Å². The summed E-state index contributed by atoms with van der Waals surface area (Å²) in [7, 11) is 0. The predicted molar refractivity (Wildman–Crippen MR) is 53.3 cm³/mol. The van der Waals surface area contributed by atoms with E-state index in [1.54, 1.807) is 11.8 Å². The van der Waals surface area contributed by atoms with Gasteiger partial charge in [-0.05, 0) is 6.26 Å². The van der Waals surface area contributed by atoms with Crippen LogP contribution < -0.4 is 0 Å². The molecular weight excluding hydrogens is 168 g/mol. The Labute approximate surface area is 75.2 Å². The molecule has 1 aliphatic rings. The van der Waals surface area contributed by atoms with Crippen LogP contribution in [-0.4, -0.2) is 17.1 Å². The van der Waals surface area contributed by atoms with Crippen molar-refractivity contribution in [1.29, 1.82) is 5.41 Å². The minimum Gasteiger partial charge on any atom is -0.282 e. The maximum atomic E-state index is 7.56. The van der Waals surface area contributed by atoms with Crippen molar-refractivity contribution in [2.24, 2.45) is 4.99 Å². The molecule has 0 aromatic heterocycles. The molecule has 0 spiro atoms. The van der Waals surface area contributed by atoms with Gasteiger partial charge in [0.2, 0.25) is 0 Å². The van der Waals surface area contributed by atoms with E-state index in [0.29, 0.717) is 5.84 Å². The van der Waals surface area contributed by atoms with Crippen LogP contribution >= 0.6 is 11.8 Å². The number of nitrogens with zero attached hydrogens (tertiary/aromatic N) is 1. The van der Waals surface area contributed by atoms with Crippen LogP contribution in [0.2, 0.25) is 0 Å². The fraction of sp³-hybridized carbons (Fsp3) is 0.111. The van der Waals surface area contributed by atoms with E-state index in [1.807, 2.05) is 30.5 Å². The molecule has 0 fully saturated rings. The van der Waals surface area contributed by atoms with Gasteiger partial charge in [-0.1, -0.05) is 24.3 Å². The Morgan fingerprint density at radius 2 is 1.92 bits per heavy atom. The summed E-state index contributed by atoms with van der Waals surface area (Å²) in [5.41, 5.74) is 2.04. The Morgan fingerprint density at radius 3 is 2.58 bits per heavy atom. The molecule has 12 heavy (non-hydrogen) atoms. The fourth-order valence-electron chi connectivity index (χ4n) is 1.25. The van der Waals surface area contributed by atoms with Gasteiger partial charge in [-0.25, -0.2) is 4.99 Å². The quantitative estimate of drug-likeness (QED) is 0.646. The van der Waals surface area contributed by atoms with Crippen LogP contribution in [0.25, 0.3) is 0 Å². The van der Waals surface area contributed by atoms with Gasteiger partial charge in [0, 0.05) is 11.1 Å². The first-order valence-electron chi connectivity index (χ1n) is 3.64. The van der Waals surface area contributed by atoms with E-state index in [0.717, 1.165) is 16.2 Å². The van der Waals surface area contributed by atoms with Gasteiger partial charge in [0.15, 0.2) is 5.84 Å². The zero-order valence-corrected chi connectivity index (χ0v) is 7.48. The van der Waals surface area contributed by atoms with Crippen LogP contribution in [0, 0.1) is 5.41 Å². The molecule has 0 bridgehead atoms. The lowest BCUT2D eigenvalue weighted by Gasteiger charge is -1.96. The summed E-state index contributed by atoms with van der Waals surface area (Å²) in [6.45, 7) is 0. The average Bonchev–Trinajstić information content (AvgIpc) is 2.44. The first-order valence-corrected chi connectivity index (χ1v) is 4.86. The molecule has 0 aliphatic carbocycles. The van der Waals surface area contributed by atoms with Gasteiger partial charge in [-0.3, -0.25) is 5.41 Å². The topological polar surface area (TPSA) is 36.2 Å². The summed E-state index contributed by atoms with van der Waals surface area (Å²) in [6, 6.07) is 7.85. The van der Waals surface area contributed by atoms with Crippen LogP contribution in [-0.2, 0) is 0 Å². The number of nitrogens with one attached hydrogen (secondary N) is 1. The fourth-order valence-corrected chi connectivity index (χ4v) is 1.83. The molecule has 2 nitrogen and oxygen atoms in total. The standard InChI is InChI=1S/C9H8N2S/c1-12-9-7-5-3-2-4-6(7)8(10)11-9/h2-5,10H,1H3. The largest absolute Gasteiger partial charge is 0.282 e. The molecule has 0 amide bonds. The molecule has 1 aromatic rings. The second-order valence-corrected chi connectivity index (χ2v) is 3.31. The number of fused-ring (bicyclic) bond motifs is 1. The lowest BCUT2D eigenvalue weighted by molar-refractivity contribution is 1.45. The first kappa shape index (κ1) is 7.55. The predicted octanol–water partition coefficient (Wildman–Crippen LogP) is 2.14. The van der Waals surface area contributed by atoms with E-state index >= 15 is 0 Å². The highest BCUT2D eigenvalue weighted by Crippen LogP contribution is 2.23. The molecule has 0 atom stereocenters. The molecule has 1 aromatic carbocycles. The normalized spacial score (nSPS) is 14.4. The Hall–Kier alpha value is -1.09. The van der Waals surface area contributed by atoms with Crippen molar-refractivity contribution in [3.05, 3.63) is 35.4 Å². The Bertz CT molecular complexity index is 369. The van der Waals surface area contributed by atoms with Gasteiger partial charge in [0.1, 0.15) is 5.04 Å². The van der Waals surface area contributed by atoms with Crippen molar-refractivity contribution >= 4 is 22.6 Å². The zero-order chi connectivity index (χ0) is 8.55. The molecule has 0 unspecified atom stereocenters. The molecule has 1 N–H and O–H groups in total. The number of hydrogen-bond donors (Lipinski definition) is 1. The molecule has 2 rings (SSSR count). The molecule has 60 valence electrons. The van der Waals surface area contributed by atoms with E-state index < -0.39 is 0 Å². The maximum absolute atomic E-state index is 7.56.